The molecule has 0 spiro atoms. The maximum atomic E-state index is 12.4. The second kappa shape index (κ2) is 7.08. The topological polar surface area (TPSA) is 108 Å². The summed E-state index contributed by atoms with van der Waals surface area (Å²) in [4.78, 5) is 12.1. The van der Waals surface area contributed by atoms with Crippen LogP contribution in [0.4, 0.5) is 5.69 Å². The Morgan fingerprint density at radius 2 is 1.71 bits per heavy atom. The molecule has 0 radical (unpaired) electrons. The van der Waals surface area contributed by atoms with Gasteiger partial charge in [0.25, 0.3) is 5.91 Å². The number of sulfonamides is 1. The van der Waals surface area contributed by atoms with E-state index in [1.165, 1.54) is 32.4 Å². The Morgan fingerprint density at radius 1 is 1.08 bits per heavy atom. The second-order valence-corrected chi connectivity index (χ2v) is 6.68. The molecule has 1 amide bonds. The van der Waals surface area contributed by atoms with Gasteiger partial charge in [0, 0.05) is 10.6 Å². The average Bonchev–Trinajstić information content (AvgIpc) is 2.53. The molecule has 2 aromatic carbocycles. The highest BCUT2D eigenvalue weighted by molar-refractivity contribution is 7.89. The first-order chi connectivity index (χ1) is 11.3. The molecule has 0 bridgehead atoms. The van der Waals surface area contributed by atoms with Crippen molar-refractivity contribution >= 4 is 33.2 Å². The normalized spacial score (nSPS) is 11.0. The fourth-order valence-electron chi connectivity index (χ4n) is 2.01. The molecular weight excluding hydrogens is 356 g/mol. The number of carbonyl (C=O) groups excluding carboxylic acids is 1. The van der Waals surface area contributed by atoms with Crippen LogP contribution in [0.1, 0.15) is 10.4 Å². The molecule has 0 unspecified atom stereocenters. The van der Waals surface area contributed by atoms with Crippen LogP contribution in [0.5, 0.6) is 11.5 Å². The first kappa shape index (κ1) is 18.1. The first-order valence-corrected chi connectivity index (χ1v) is 8.54. The minimum absolute atomic E-state index is 0.0504. The third-order valence-electron chi connectivity index (χ3n) is 3.14. The minimum atomic E-state index is -4.04. The number of amides is 1. The van der Waals surface area contributed by atoms with Crippen LogP contribution < -0.4 is 19.9 Å². The zero-order valence-electron chi connectivity index (χ0n) is 12.9. The monoisotopic (exact) mass is 370 g/mol. The van der Waals surface area contributed by atoms with Crippen molar-refractivity contribution in [1.29, 1.82) is 0 Å². The molecule has 0 aromatic heterocycles. The van der Waals surface area contributed by atoms with Gasteiger partial charge in [-0.1, -0.05) is 11.6 Å². The van der Waals surface area contributed by atoms with Gasteiger partial charge >= 0.3 is 0 Å². The number of methoxy groups -OCH3 is 2. The predicted molar refractivity (Wildman–Crippen MR) is 90.3 cm³/mol. The molecule has 2 aromatic rings. The lowest BCUT2D eigenvalue weighted by molar-refractivity contribution is 0.102. The summed E-state index contributed by atoms with van der Waals surface area (Å²) in [6.45, 7) is 0. The van der Waals surface area contributed by atoms with Gasteiger partial charge in [-0.05, 0) is 36.4 Å². The summed E-state index contributed by atoms with van der Waals surface area (Å²) < 4.78 is 33.3. The zero-order valence-corrected chi connectivity index (χ0v) is 14.4. The summed E-state index contributed by atoms with van der Waals surface area (Å²) in [5.74, 6) is -0.0922. The van der Waals surface area contributed by atoms with Crippen LogP contribution in [0, 0.1) is 0 Å². The Balaban J connectivity index is 2.39. The number of ether oxygens (including phenoxy) is 2. The Bertz CT molecular complexity index is 883. The lowest BCUT2D eigenvalue weighted by atomic mass is 10.2. The molecule has 7 nitrogen and oxygen atoms in total. The molecule has 0 saturated carbocycles. The van der Waals surface area contributed by atoms with E-state index in [1.807, 2.05) is 0 Å². The Morgan fingerprint density at radius 3 is 2.29 bits per heavy atom. The van der Waals surface area contributed by atoms with Crippen LogP contribution in [-0.4, -0.2) is 28.5 Å². The van der Waals surface area contributed by atoms with Crippen LogP contribution in [0.15, 0.2) is 41.3 Å². The Labute approximate surface area is 144 Å². The van der Waals surface area contributed by atoms with Crippen molar-refractivity contribution in [3.8, 4) is 11.5 Å². The highest BCUT2D eigenvalue weighted by atomic mass is 35.5. The summed E-state index contributed by atoms with van der Waals surface area (Å²) in [5, 5.41) is 8.16. The van der Waals surface area contributed by atoms with Gasteiger partial charge in [0.15, 0.2) is 0 Å². The zero-order chi connectivity index (χ0) is 17.9. The number of primary sulfonamides is 1. The lowest BCUT2D eigenvalue weighted by Gasteiger charge is -2.12. The van der Waals surface area contributed by atoms with Gasteiger partial charge in [-0.3, -0.25) is 4.79 Å². The van der Waals surface area contributed by atoms with Crippen LogP contribution in [0.2, 0.25) is 5.02 Å². The fourth-order valence-corrected chi connectivity index (χ4v) is 2.91. The number of nitrogens with two attached hydrogens (primary N) is 1. The quantitative estimate of drug-likeness (QED) is 0.839. The van der Waals surface area contributed by atoms with Gasteiger partial charge in [-0.25, -0.2) is 13.6 Å². The number of hydrogen-bond acceptors (Lipinski definition) is 5. The van der Waals surface area contributed by atoms with Crippen LogP contribution in [0.25, 0.3) is 0 Å². The molecule has 24 heavy (non-hydrogen) atoms. The molecule has 0 aliphatic carbocycles. The maximum absolute atomic E-state index is 12.4. The SMILES string of the molecule is COc1ccc(Cl)cc1NC(=O)c1ccc(OC)c(S(N)(=O)=O)c1. The van der Waals surface area contributed by atoms with Gasteiger partial charge in [0.2, 0.25) is 10.0 Å². The number of nitrogens with one attached hydrogen (secondary N) is 1. The Hall–Kier alpha value is -2.29. The van der Waals surface area contributed by atoms with Crippen molar-refractivity contribution in [2.45, 2.75) is 4.90 Å². The number of benzene rings is 2. The molecule has 0 saturated heterocycles. The summed E-state index contributed by atoms with van der Waals surface area (Å²) in [5.41, 5.74) is 0.435. The van der Waals surface area contributed by atoms with Gasteiger partial charge in [-0.2, -0.15) is 0 Å². The predicted octanol–water partition coefficient (Wildman–Crippen LogP) is 2.26. The first-order valence-electron chi connectivity index (χ1n) is 6.62. The van der Waals surface area contributed by atoms with E-state index in [1.54, 1.807) is 12.1 Å². The molecule has 9 heteroatoms. The van der Waals surface area contributed by atoms with E-state index in [4.69, 9.17) is 26.2 Å². The van der Waals surface area contributed by atoms with E-state index in [2.05, 4.69) is 5.32 Å². The second-order valence-electron chi connectivity index (χ2n) is 4.71. The van der Waals surface area contributed by atoms with E-state index in [0.717, 1.165) is 6.07 Å². The van der Waals surface area contributed by atoms with Gasteiger partial charge in [-0.15, -0.1) is 0 Å². The standard InChI is InChI=1S/C15H15ClN2O5S/c1-22-12-6-4-10(16)8-11(12)18-15(19)9-3-5-13(23-2)14(7-9)24(17,20)21/h3-8H,1-2H3,(H,18,19)(H2,17,20,21). The minimum Gasteiger partial charge on any atom is -0.495 e. The summed E-state index contributed by atoms with van der Waals surface area (Å²) in [6.07, 6.45) is 0. The number of anilines is 1. The van der Waals surface area contributed by atoms with Crippen LogP contribution in [-0.2, 0) is 10.0 Å². The van der Waals surface area contributed by atoms with Crippen LogP contribution >= 0.6 is 11.6 Å². The third-order valence-corrected chi connectivity index (χ3v) is 4.31. The van der Waals surface area contributed by atoms with E-state index < -0.39 is 15.9 Å². The molecule has 0 heterocycles. The van der Waals surface area contributed by atoms with Crippen molar-refractivity contribution in [2.75, 3.05) is 19.5 Å². The third kappa shape index (κ3) is 3.97. The smallest absolute Gasteiger partial charge is 0.255 e. The molecule has 3 N–H and O–H groups in total. The molecule has 0 aliphatic rings. The van der Waals surface area contributed by atoms with Crippen LogP contribution in [0.3, 0.4) is 0 Å². The summed E-state index contributed by atoms with van der Waals surface area (Å²) in [6, 6.07) is 8.64. The summed E-state index contributed by atoms with van der Waals surface area (Å²) in [7, 11) is -1.29. The van der Waals surface area contributed by atoms with E-state index in [9.17, 15) is 13.2 Å². The molecule has 128 valence electrons. The molecule has 2 rings (SSSR count). The van der Waals surface area contributed by atoms with E-state index in [0.29, 0.717) is 16.5 Å². The van der Waals surface area contributed by atoms with Crippen molar-refractivity contribution in [2.24, 2.45) is 5.14 Å². The molecular formula is C15H15ClN2O5S. The van der Waals surface area contributed by atoms with Crippen molar-refractivity contribution in [1.82, 2.24) is 0 Å². The van der Waals surface area contributed by atoms with Crippen molar-refractivity contribution in [3.63, 3.8) is 0 Å². The Kier molecular flexibility index (Phi) is 5.33. The number of rotatable bonds is 5. The lowest BCUT2D eigenvalue weighted by Crippen LogP contribution is -2.17. The van der Waals surface area contributed by atoms with Crippen molar-refractivity contribution < 1.29 is 22.7 Å². The highest BCUT2D eigenvalue weighted by Gasteiger charge is 2.19. The fraction of sp³-hybridized carbons (Fsp3) is 0.133. The average molecular weight is 371 g/mol. The van der Waals surface area contributed by atoms with Gasteiger partial charge in [0.1, 0.15) is 16.4 Å². The highest BCUT2D eigenvalue weighted by Crippen LogP contribution is 2.29. The van der Waals surface area contributed by atoms with Gasteiger partial charge < -0.3 is 14.8 Å². The van der Waals surface area contributed by atoms with E-state index >= 15 is 0 Å². The van der Waals surface area contributed by atoms with Gasteiger partial charge in [0.05, 0.1) is 19.9 Å². The number of halogens is 1. The number of carbonyl (C=O) groups is 1. The number of hydrogen-bond donors (Lipinski definition) is 2. The maximum Gasteiger partial charge on any atom is 0.255 e. The molecule has 0 fully saturated rings. The summed E-state index contributed by atoms with van der Waals surface area (Å²) >= 11 is 5.91. The van der Waals surface area contributed by atoms with E-state index in [-0.39, 0.29) is 16.2 Å². The molecule has 0 atom stereocenters. The largest absolute Gasteiger partial charge is 0.495 e. The molecule has 0 aliphatic heterocycles. The van der Waals surface area contributed by atoms with Crippen molar-refractivity contribution in [3.05, 3.63) is 47.0 Å².